The minimum Gasteiger partial charge on any atom is -0.135 e. The van der Waals surface area contributed by atoms with E-state index in [1.54, 1.807) is 5.98 Å². The number of hydrogen-bond acceptors (Lipinski definition) is 0. The first kappa shape index (κ1) is 6.80. The van der Waals surface area contributed by atoms with E-state index in [0.29, 0.717) is 0 Å². The molecule has 0 rings (SSSR count). The maximum Gasteiger partial charge on any atom is 0.102 e. The van der Waals surface area contributed by atoms with Gasteiger partial charge in [0.15, 0.2) is 0 Å². The quantitative estimate of drug-likeness (QED) is 0.401. The molecule has 0 aliphatic carbocycles. The van der Waals surface area contributed by atoms with Crippen molar-refractivity contribution in [1.29, 1.82) is 0 Å². The summed E-state index contributed by atoms with van der Waals surface area (Å²) < 4.78 is 0. The third kappa shape index (κ3) is 5.80. The van der Waals surface area contributed by atoms with Gasteiger partial charge < -0.3 is 0 Å². The first-order valence-corrected chi connectivity index (χ1v) is 2.46. The van der Waals surface area contributed by atoms with Gasteiger partial charge in [-0.25, -0.2) is 0 Å². The van der Waals surface area contributed by atoms with Crippen molar-refractivity contribution in [1.82, 2.24) is 0 Å². The predicted molar refractivity (Wildman–Crippen MR) is 34.3 cm³/mol. The zero-order chi connectivity index (χ0) is 5.91. The average Bonchev–Trinajstić information content (AvgIpc) is 1.30. The van der Waals surface area contributed by atoms with Crippen LogP contribution in [-0.4, -0.2) is 7.85 Å². The van der Waals surface area contributed by atoms with E-state index in [1.807, 2.05) is 6.08 Å². The van der Waals surface area contributed by atoms with Gasteiger partial charge >= 0.3 is 0 Å². The summed E-state index contributed by atoms with van der Waals surface area (Å²) in [6, 6.07) is 0. The highest BCUT2D eigenvalue weighted by Crippen LogP contribution is 2.13. The zero-order valence-electron chi connectivity index (χ0n) is 5.23. The Morgan fingerprint density at radius 2 is 1.71 bits per heavy atom. The second kappa shape index (κ2) is 2.20. The van der Waals surface area contributed by atoms with Gasteiger partial charge in [-0.2, -0.15) is 0 Å². The lowest BCUT2D eigenvalue weighted by atomic mass is 9.93. The Bertz CT molecular complexity index is 66.7. The molecule has 0 aliphatic heterocycles. The van der Waals surface area contributed by atoms with Crippen molar-refractivity contribution in [2.24, 2.45) is 5.41 Å². The van der Waals surface area contributed by atoms with E-state index in [-0.39, 0.29) is 5.41 Å². The van der Waals surface area contributed by atoms with Crippen LogP contribution in [0.3, 0.4) is 0 Å². The molecule has 0 atom stereocenters. The highest BCUT2D eigenvalue weighted by atomic mass is 14.1. The Morgan fingerprint density at radius 1 is 1.29 bits per heavy atom. The van der Waals surface area contributed by atoms with Crippen LogP contribution in [0.1, 0.15) is 20.8 Å². The van der Waals surface area contributed by atoms with Gasteiger partial charge in [-0.15, -0.1) is 5.98 Å². The van der Waals surface area contributed by atoms with Crippen molar-refractivity contribution in [2.75, 3.05) is 0 Å². The van der Waals surface area contributed by atoms with Crippen LogP contribution in [0, 0.1) is 5.41 Å². The molecule has 0 aliphatic rings. The molecule has 0 saturated heterocycles. The van der Waals surface area contributed by atoms with E-state index in [9.17, 15) is 0 Å². The lowest BCUT2D eigenvalue weighted by Crippen LogP contribution is -1.97. The Hall–Kier alpha value is -0.195. The lowest BCUT2D eigenvalue weighted by Gasteiger charge is -2.09. The van der Waals surface area contributed by atoms with E-state index < -0.39 is 0 Å². The second-order valence-electron chi connectivity index (χ2n) is 2.73. The minimum absolute atomic E-state index is 0.245. The summed E-state index contributed by atoms with van der Waals surface area (Å²) in [7, 11) is 5.13. The first-order valence-electron chi connectivity index (χ1n) is 2.46. The van der Waals surface area contributed by atoms with E-state index in [4.69, 9.17) is 7.85 Å². The molecule has 0 amide bonds. The summed E-state index contributed by atoms with van der Waals surface area (Å²) in [6.45, 7) is 6.32. The van der Waals surface area contributed by atoms with Crippen molar-refractivity contribution < 1.29 is 0 Å². The summed E-state index contributed by atoms with van der Waals surface area (Å²) in [5, 5.41) is 0. The van der Waals surface area contributed by atoms with E-state index in [2.05, 4.69) is 20.8 Å². The van der Waals surface area contributed by atoms with Crippen LogP contribution in [0.2, 0.25) is 0 Å². The Morgan fingerprint density at radius 3 is 1.71 bits per heavy atom. The smallest absolute Gasteiger partial charge is 0.102 e. The fourth-order valence-electron chi connectivity index (χ4n) is 0.289. The summed E-state index contributed by atoms with van der Waals surface area (Å²) >= 11 is 0. The van der Waals surface area contributed by atoms with Crippen LogP contribution in [0.25, 0.3) is 0 Å². The molecule has 2 radical (unpaired) electrons. The third-order valence-corrected chi connectivity index (χ3v) is 0.596. The number of rotatable bonds is 0. The van der Waals surface area contributed by atoms with Crippen molar-refractivity contribution in [3.8, 4) is 0 Å². The SMILES string of the molecule is [B]C=CC(C)(C)C. The fraction of sp³-hybridized carbons (Fsp3) is 0.667. The van der Waals surface area contributed by atoms with Gasteiger partial charge in [-0.3, -0.25) is 0 Å². The van der Waals surface area contributed by atoms with Crippen LogP contribution in [0.4, 0.5) is 0 Å². The minimum atomic E-state index is 0.245. The highest BCUT2D eigenvalue weighted by molar-refractivity contribution is 6.17. The van der Waals surface area contributed by atoms with Crippen LogP contribution in [0.15, 0.2) is 12.1 Å². The topological polar surface area (TPSA) is 0 Å². The number of allylic oxidation sites excluding steroid dienone is 1. The Labute approximate surface area is 47.0 Å². The van der Waals surface area contributed by atoms with Crippen LogP contribution < -0.4 is 0 Å². The normalized spacial score (nSPS) is 13.0. The van der Waals surface area contributed by atoms with Gasteiger partial charge in [0, 0.05) is 0 Å². The molecule has 0 heterocycles. The molecule has 7 heavy (non-hydrogen) atoms. The highest BCUT2D eigenvalue weighted by Gasteiger charge is 2.00. The van der Waals surface area contributed by atoms with Crippen LogP contribution in [-0.2, 0) is 0 Å². The van der Waals surface area contributed by atoms with Gasteiger partial charge in [0.25, 0.3) is 0 Å². The maximum absolute atomic E-state index is 5.13. The van der Waals surface area contributed by atoms with Crippen LogP contribution >= 0.6 is 0 Å². The molecule has 0 aromatic rings. The second-order valence-corrected chi connectivity index (χ2v) is 2.73. The van der Waals surface area contributed by atoms with Gasteiger partial charge in [-0.05, 0) is 5.41 Å². The molecule has 0 fully saturated rings. The molecular weight excluding hydrogens is 82.9 g/mol. The molecule has 0 aromatic heterocycles. The third-order valence-electron chi connectivity index (χ3n) is 0.596. The average molecular weight is 94.0 g/mol. The monoisotopic (exact) mass is 94.1 g/mol. The summed E-state index contributed by atoms with van der Waals surface area (Å²) in [4.78, 5) is 0. The zero-order valence-corrected chi connectivity index (χ0v) is 5.23. The number of hydrogen-bond donors (Lipinski definition) is 0. The maximum atomic E-state index is 5.13. The van der Waals surface area contributed by atoms with Crippen LogP contribution in [0.5, 0.6) is 0 Å². The molecule has 38 valence electrons. The molecule has 0 unspecified atom stereocenters. The molecule has 0 N–H and O–H groups in total. The fourth-order valence-corrected chi connectivity index (χ4v) is 0.289. The molecule has 0 saturated carbocycles. The van der Waals surface area contributed by atoms with Gasteiger partial charge in [0.2, 0.25) is 0 Å². The standard InChI is InChI=1S/C6H11B/c1-6(2,3)4-5-7/h4-5H,1-3H3. The van der Waals surface area contributed by atoms with Gasteiger partial charge in [-0.1, -0.05) is 26.8 Å². The Kier molecular flexibility index (Phi) is 2.14. The van der Waals surface area contributed by atoms with Crippen molar-refractivity contribution in [3.05, 3.63) is 12.1 Å². The molecule has 0 bridgehead atoms. The first-order chi connectivity index (χ1) is 3.06. The van der Waals surface area contributed by atoms with Gasteiger partial charge in [0.1, 0.15) is 7.85 Å². The molecular formula is C6H11B. The molecule has 0 nitrogen and oxygen atoms in total. The Balaban J connectivity index is 3.56. The van der Waals surface area contributed by atoms with Crippen molar-refractivity contribution >= 4 is 7.85 Å². The molecule has 0 aromatic carbocycles. The predicted octanol–water partition coefficient (Wildman–Crippen LogP) is 1.71. The van der Waals surface area contributed by atoms with E-state index in [1.165, 1.54) is 0 Å². The largest absolute Gasteiger partial charge is 0.135 e. The van der Waals surface area contributed by atoms with Gasteiger partial charge in [0.05, 0.1) is 0 Å². The van der Waals surface area contributed by atoms with E-state index in [0.717, 1.165) is 0 Å². The molecule has 0 spiro atoms. The summed E-state index contributed by atoms with van der Waals surface area (Å²) in [6.07, 6.45) is 1.97. The van der Waals surface area contributed by atoms with Crippen molar-refractivity contribution in [2.45, 2.75) is 20.8 Å². The van der Waals surface area contributed by atoms with Crippen molar-refractivity contribution in [3.63, 3.8) is 0 Å². The summed E-state index contributed by atoms with van der Waals surface area (Å²) in [5.41, 5.74) is 0.245. The lowest BCUT2D eigenvalue weighted by molar-refractivity contribution is 0.545. The molecule has 1 heteroatoms. The van der Waals surface area contributed by atoms with E-state index >= 15 is 0 Å². The summed E-state index contributed by atoms with van der Waals surface area (Å²) in [5.74, 6) is 1.58.